The number of aliphatic hydroxyl groups is 1. The van der Waals surface area contributed by atoms with E-state index in [2.05, 4.69) is 48.5 Å². The molecule has 0 aromatic carbocycles. The lowest BCUT2D eigenvalue weighted by atomic mass is 10.0. The summed E-state index contributed by atoms with van der Waals surface area (Å²) in [5.41, 5.74) is 0. The summed E-state index contributed by atoms with van der Waals surface area (Å²) >= 11 is 0. The van der Waals surface area contributed by atoms with Gasteiger partial charge in [0.25, 0.3) is 0 Å². The Balaban J connectivity index is 5.16. The molecule has 0 saturated carbocycles. The van der Waals surface area contributed by atoms with E-state index in [9.17, 15) is 43.2 Å². The van der Waals surface area contributed by atoms with Crippen molar-refractivity contribution >= 4 is 39.5 Å². The van der Waals surface area contributed by atoms with Gasteiger partial charge in [0, 0.05) is 25.7 Å². The Morgan fingerprint density at radius 2 is 0.505 bits per heavy atom. The second-order valence-electron chi connectivity index (χ2n) is 27.4. The Morgan fingerprint density at radius 3 is 0.747 bits per heavy atom. The van der Waals surface area contributed by atoms with Crippen LogP contribution in [0.25, 0.3) is 0 Å². The molecule has 0 radical (unpaired) electrons. The highest BCUT2D eigenvalue weighted by molar-refractivity contribution is 7.47. The molecule has 0 aliphatic rings. The van der Waals surface area contributed by atoms with Gasteiger partial charge >= 0.3 is 39.5 Å². The lowest BCUT2D eigenvalue weighted by Gasteiger charge is -2.21. The molecule has 0 heterocycles. The fourth-order valence-corrected chi connectivity index (χ4v) is 12.5. The van der Waals surface area contributed by atoms with Gasteiger partial charge in [0.05, 0.1) is 26.4 Å². The topological polar surface area (TPSA) is 237 Å². The molecule has 0 aliphatic heterocycles. The van der Waals surface area contributed by atoms with Gasteiger partial charge in [0.1, 0.15) is 19.3 Å². The zero-order valence-corrected chi connectivity index (χ0v) is 61.1. The summed E-state index contributed by atoms with van der Waals surface area (Å²) in [6.07, 6.45) is 47.6. The highest BCUT2D eigenvalue weighted by Gasteiger charge is 2.30. The standard InChI is InChI=1S/C72H140O17P2/c1-8-9-10-36-46-53-69(74)82-59-67(88-72(77)56-49-42-35-29-23-26-32-39-45-52-65(6)7)61-86-90(78,79)84-57-66(73)58-85-91(80,81)87-62-68(60-83-70(75)54-47-40-33-27-21-18-14-16-20-25-31-38-44-51-64(4)5)89-71(76)55-48-41-34-28-22-17-13-11-12-15-19-24-30-37-43-50-63(2)3/h63-68,73H,8-62H2,1-7H3,(H,78,79)(H,80,81)/t66-,67+,68+/m0/s1. The summed E-state index contributed by atoms with van der Waals surface area (Å²) < 4.78 is 68.1. The van der Waals surface area contributed by atoms with Gasteiger partial charge in [-0.25, -0.2) is 9.13 Å². The molecule has 91 heavy (non-hydrogen) atoms. The summed E-state index contributed by atoms with van der Waals surface area (Å²) in [7, 11) is -9.90. The summed E-state index contributed by atoms with van der Waals surface area (Å²) in [5, 5.41) is 10.6. The van der Waals surface area contributed by atoms with Crippen LogP contribution in [0.5, 0.6) is 0 Å². The molecule has 0 aromatic rings. The first-order valence-corrected chi connectivity index (χ1v) is 40.3. The van der Waals surface area contributed by atoms with Gasteiger partial charge in [-0.3, -0.25) is 37.3 Å². The zero-order chi connectivity index (χ0) is 67.3. The molecule has 0 aliphatic carbocycles. The molecule has 0 bridgehead atoms. The number of aliphatic hydroxyl groups excluding tert-OH is 1. The molecule has 0 saturated heterocycles. The molecule has 0 amide bonds. The maximum Gasteiger partial charge on any atom is 0.472 e. The van der Waals surface area contributed by atoms with E-state index in [1.807, 2.05) is 0 Å². The van der Waals surface area contributed by atoms with Crippen LogP contribution in [0.15, 0.2) is 0 Å². The molecular weight excluding hydrogens is 1200 g/mol. The zero-order valence-electron chi connectivity index (χ0n) is 59.3. The quantitative estimate of drug-likeness (QED) is 0.0222. The monoisotopic (exact) mass is 1340 g/mol. The van der Waals surface area contributed by atoms with E-state index in [0.29, 0.717) is 25.7 Å². The van der Waals surface area contributed by atoms with Gasteiger partial charge in [-0.1, -0.05) is 312 Å². The number of carbonyl (C=O) groups is 4. The van der Waals surface area contributed by atoms with Gasteiger partial charge in [-0.05, 0) is 43.4 Å². The van der Waals surface area contributed by atoms with E-state index in [0.717, 1.165) is 114 Å². The molecule has 540 valence electrons. The highest BCUT2D eigenvalue weighted by atomic mass is 31.2. The molecule has 0 rings (SSSR count). The predicted octanol–water partition coefficient (Wildman–Crippen LogP) is 20.6. The molecular formula is C72H140O17P2. The number of phosphoric acid groups is 2. The minimum atomic E-state index is -4.95. The Labute approximate surface area is 556 Å². The molecule has 19 heteroatoms. The smallest absolute Gasteiger partial charge is 0.462 e. The van der Waals surface area contributed by atoms with E-state index in [1.165, 1.54) is 167 Å². The van der Waals surface area contributed by atoms with Crippen LogP contribution in [0, 0.1) is 17.8 Å². The number of ether oxygens (including phenoxy) is 4. The molecule has 17 nitrogen and oxygen atoms in total. The highest BCUT2D eigenvalue weighted by Crippen LogP contribution is 2.45. The van der Waals surface area contributed by atoms with Gasteiger partial charge in [-0.15, -0.1) is 0 Å². The lowest BCUT2D eigenvalue weighted by molar-refractivity contribution is -0.161. The van der Waals surface area contributed by atoms with E-state index in [1.54, 1.807) is 0 Å². The Bertz CT molecular complexity index is 1780. The van der Waals surface area contributed by atoms with Crippen molar-refractivity contribution < 1.29 is 80.2 Å². The van der Waals surface area contributed by atoms with Crippen LogP contribution in [-0.4, -0.2) is 96.7 Å². The summed E-state index contributed by atoms with van der Waals surface area (Å²) in [6, 6.07) is 0. The second-order valence-corrected chi connectivity index (χ2v) is 30.3. The van der Waals surface area contributed by atoms with Gasteiger partial charge in [0.15, 0.2) is 12.2 Å². The number of hydrogen-bond donors (Lipinski definition) is 3. The molecule has 5 atom stereocenters. The Kier molecular flexibility index (Phi) is 61.5. The van der Waals surface area contributed by atoms with Crippen LogP contribution < -0.4 is 0 Å². The van der Waals surface area contributed by atoms with Crippen LogP contribution in [0.1, 0.15) is 363 Å². The third-order valence-electron chi connectivity index (χ3n) is 16.6. The van der Waals surface area contributed by atoms with Crippen molar-refractivity contribution in [2.75, 3.05) is 39.6 Å². The normalized spacial score (nSPS) is 14.2. The second kappa shape index (κ2) is 62.8. The average Bonchev–Trinajstić information content (AvgIpc) is 3.55. The van der Waals surface area contributed by atoms with Crippen LogP contribution in [0.2, 0.25) is 0 Å². The summed E-state index contributed by atoms with van der Waals surface area (Å²) in [6.45, 7) is 11.8. The van der Waals surface area contributed by atoms with E-state index in [-0.39, 0.29) is 25.7 Å². The van der Waals surface area contributed by atoms with E-state index >= 15 is 0 Å². The maximum atomic E-state index is 13.0. The lowest BCUT2D eigenvalue weighted by Crippen LogP contribution is -2.30. The SMILES string of the molecule is CCCCCCCC(=O)OC[C@H](COP(=O)(O)OC[C@H](O)COP(=O)(O)OC[C@@H](COC(=O)CCCCCCCCCCCCCCCC(C)C)OC(=O)CCCCCCCCCCCCCCCCCC(C)C)OC(=O)CCCCCCCCCCCC(C)C. The fraction of sp³-hybridized carbons (Fsp3) is 0.944. The first-order valence-electron chi connectivity index (χ1n) is 37.3. The van der Waals surface area contributed by atoms with Crippen molar-refractivity contribution in [3.63, 3.8) is 0 Å². The van der Waals surface area contributed by atoms with Crippen LogP contribution in [0.3, 0.4) is 0 Å². The van der Waals surface area contributed by atoms with Crippen LogP contribution in [0.4, 0.5) is 0 Å². The summed E-state index contributed by atoms with van der Waals surface area (Å²) in [4.78, 5) is 72.4. The molecule has 0 spiro atoms. The van der Waals surface area contributed by atoms with Gasteiger partial charge in [0.2, 0.25) is 0 Å². The number of esters is 4. The van der Waals surface area contributed by atoms with E-state index < -0.39 is 97.5 Å². The van der Waals surface area contributed by atoms with Crippen LogP contribution >= 0.6 is 15.6 Å². The van der Waals surface area contributed by atoms with Crippen molar-refractivity contribution in [3.8, 4) is 0 Å². The van der Waals surface area contributed by atoms with Crippen molar-refractivity contribution in [2.45, 2.75) is 381 Å². The Morgan fingerprint density at radius 1 is 0.297 bits per heavy atom. The van der Waals surface area contributed by atoms with Crippen molar-refractivity contribution in [2.24, 2.45) is 17.8 Å². The number of unbranched alkanes of at least 4 members (excludes halogenated alkanes) is 38. The van der Waals surface area contributed by atoms with Gasteiger partial charge in [-0.2, -0.15) is 0 Å². The minimum absolute atomic E-state index is 0.104. The third kappa shape index (κ3) is 66.5. The largest absolute Gasteiger partial charge is 0.472 e. The number of rotatable bonds is 70. The van der Waals surface area contributed by atoms with Crippen LogP contribution in [-0.2, 0) is 65.4 Å². The number of hydrogen-bond acceptors (Lipinski definition) is 15. The summed E-state index contributed by atoms with van der Waals surface area (Å²) in [5.74, 6) is 0.196. The number of carbonyl (C=O) groups excluding carboxylic acids is 4. The molecule has 3 N–H and O–H groups in total. The number of phosphoric ester groups is 2. The molecule has 0 fully saturated rings. The van der Waals surface area contributed by atoms with Gasteiger partial charge < -0.3 is 33.8 Å². The third-order valence-corrected chi connectivity index (χ3v) is 18.5. The Hall–Kier alpha value is -1.94. The molecule has 0 aromatic heterocycles. The molecule has 2 unspecified atom stereocenters. The average molecular weight is 1340 g/mol. The first kappa shape index (κ1) is 89.1. The van der Waals surface area contributed by atoms with Crippen molar-refractivity contribution in [1.82, 2.24) is 0 Å². The maximum absolute atomic E-state index is 13.0. The van der Waals surface area contributed by atoms with E-state index in [4.69, 9.17) is 37.0 Å². The van der Waals surface area contributed by atoms with Crippen molar-refractivity contribution in [1.29, 1.82) is 0 Å². The van der Waals surface area contributed by atoms with Crippen molar-refractivity contribution in [3.05, 3.63) is 0 Å². The minimum Gasteiger partial charge on any atom is -0.462 e. The predicted molar refractivity (Wildman–Crippen MR) is 368 cm³/mol. The first-order chi connectivity index (χ1) is 43.7. The fourth-order valence-electron chi connectivity index (χ4n) is 10.9.